The fourth-order valence-corrected chi connectivity index (χ4v) is 2.40. The van der Waals surface area contributed by atoms with Gasteiger partial charge in [0.2, 0.25) is 11.0 Å². The molecule has 0 saturated heterocycles. The highest BCUT2D eigenvalue weighted by atomic mass is 32.1. The number of aromatic nitrogens is 2. The van der Waals surface area contributed by atoms with Gasteiger partial charge in [-0.15, -0.1) is 10.2 Å². The molecule has 0 bridgehead atoms. The van der Waals surface area contributed by atoms with Gasteiger partial charge in [0.05, 0.1) is 6.07 Å². The monoisotopic (exact) mass is 266 g/mol. The molecule has 1 rings (SSSR count). The second-order valence-electron chi connectivity index (χ2n) is 4.65. The van der Waals surface area contributed by atoms with E-state index in [1.165, 1.54) is 11.3 Å². The molecule has 1 aromatic rings. The summed E-state index contributed by atoms with van der Waals surface area (Å²) in [6.45, 7) is 7.36. The Morgan fingerprint density at radius 3 is 2.56 bits per heavy atom. The quantitative estimate of drug-likeness (QED) is 0.888. The Labute approximate surface area is 111 Å². The molecule has 98 valence electrons. The van der Waals surface area contributed by atoms with Crippen molar-refractivity contribution in [2.24, 2.45) is 5.41 Å². The lowest BCUT2D eigenvalue weighted by molar-refractivity contribution is -0.121. The maximum Gasteiger partial charge on any atom is 0.246 e. The highest BCUT2D eigenvalue weighted by Crippen LogP contribution is 2.28. The third-order valence-corrected chi connectivity index (χ3v) is 3.84. The molecule has 18 heavy (non-hydrogen) atoms. The summed E-state index contributed by atoms with van der Waals surface area (Å²) in [5.41, 5.74) is -1.05. The normalized spacial score (nSPS) is 11.3. The first kappa shape index (κ1) is 14.6. The smallest absolute Gasteiger partial charge is 0.246 e. The molecule has 0 aliphatic rings. The van der Waals surface area contributed by atoms with E-state index in [9.17, 15) is 4.79 Å². The minimum Gasteiger partial charge on any atom is -0.299 e. The molecule has 0 spiro atoms. The Hall–Kier alpha value is -1.48. The molecule has 0 aromatic carbocycles. The van der Waals surface area contributed by atoms with Crippen LogP contribution in [-0.4, -0.2) is 16.1 Å². The van der Waals surface area contributed by atoms with Crippen LogP contribution in [0.2, 0.25) is 0 Å². The van der Waals surface area contributed by atoms with Crippen molar-refractivity contribution in [3.05, 3.63) is 5.01 Å². The molecular formula is C12H18N4OS. The van der Waals surface area contributed by atoms with Crippen molar-refractivity contribution in [1.29, 1.82) is 5.26 Å². The third-order valence-electron chi connectivity index (χ3n) is 2.84. The van der Waals surface area contributed by atoms with Crippen LogP contribution in [0.15, 0.2) is 0 Å². The zero-order valence-corrected chi connectivity index (χ0v) is 12.0. The van der Waals surface area contributed by atoms with E-state index in [2.05, 4.69) is 29.4 Å². The minimum atomic E-state index is -1.05. The number of nitriles is 1. The number of hydrogen-bond acceptors (Lipinski definition) is 5. The summed E-state index contributed by atoms with van der Waals surface area (Å²) in [6, 6.07) is 1.96. The Balaban J connectivity index is 2.77. The lowest BCUT2D eigenvalue weighted by atomic mass is 9.95. The Morgan fingerprint density at radius 2 is 2.06 bits per heavy atom. The number of nitrogens with zero attached hydrogens (tertiary/aromatic N) is 3. The first-order valence-electron chi connectivity index (χ1n) is 6.00. The molecule has 1 heterocycles. The molecular weight excluding hydrogens is 248 g/mol. The van der Waals surface area contributed by atoms with Gasteiger partial charge in [0.25, 0.3) is 0 Å². The van der Waals surface area contributed by atoms with Crippen molar-refractivity contribution in [2.75, 3.05) is 5.32 Å². The van der Waals surface area contributed by atoms with E-state index in [1.807, 2.05) is 6.07 Å². The summed E-state index contributed by atoms with van der Waals surface area (Å²) in [5, 5.41) is 20.9. The number of hydrogen-bond donors (Lipinski definition) is 1. The van der Waals surface area contributed by atoms with Crippen LogP contribution in [0.25, 0.3) is 0 Å². The van der Waals surface area contributed by atoms with Crippen molar-refractivity contribution >= 4 is 22.4 Å². The molecule has 0 radical (unpaired) electrons. The minimum absolute atomic E-state index is 0.350. The van der Waals surface area contributed by atoms with Crippen LogP contribution in [0.4, 0.5) is 5.13 Å². The van der Waals surface area contributed by atoms with Crippen molar-refractivity contribution in [3.63, 3.8) is 0 Å². The first-order chi connectivity index (χ1) is 8.44. The summed E-state index contributed by atoms with van der Waals surface area (Å²) in [6.07, 6.45) is 2.01. The van der Waals surface area contributed by atoms with Gasteiger partial charge < -0.3 is 0 Å². The van der Waals surface area contributed by atoms with Crippen molar-refractivity contribution in [3.8, 4) is 6.07 Å². The molecule has 1 amide bonds. The number of nitrogens with one attached hydrogen (secondary N) is 1. The summed E-state index contributed by atoms with van der Waals surface area (Å²) < 4.78 is 0. The summed E-state index contributed by atoms with van der Waals surface area (Å²) in [5.74, 6) is 0.0365. The van der Waals surface area contributed by atoms with E-state index in [-0.39, 0.29) is 5.91 Å². The van der Waals surface area contributed by atoms with E-state index in [0.717, 1.165) is 17.8 Å². The predicted octanol–water partition coefficient (Wildman–Crippen LogP) is 2.93. The van der Waals surface area contributed by atoms with E-state index >= 15 is 0 Å². The summed E-state index contributed by atoms with van der Waals surface area (Å²) in [7, 11) is 0. The molecule has 0 aliphatic heterocycles. The molecule has 0 fully saturated rings. The molecule has 6 heteroatoms. The molecule has 1 aromatic heterocycles. The molecule has 0 atom stereocenters. The lowest BCUT2D eigenvalue weighted by Gasteiger charge is -2.12. The second kappa shape index (κ2) is 5.91. The van der Waals surface area contributed by atoms with Crippen LogP contribution in [0.3, 0.4) is 0 Å². The van der Waals surface area contributed by atoms with E-state index in [1.54, 1.807) is 13.8 Å². The van der Waals surface area contributed by atoms with Gasteiger partial charge >= 0.3 is 0 Å². The number of carbonyl (C=O) groups is 1. The van der Waals surface area contributed by atoms with Gasteiger partial charge in [-0.3, -0.25) is 10.1 Å². The fourth-order valence-electron chi connectivity index (χ4n) is 1.39. The van der Waals surface area contributed by atoms with Crippen LogP contribution < -0.4 is 5.32 Å². The largest absolute Gasteiger partial charge is 0.299 e. The predicted molar refractivity (Wildman–Crippen MR) is 71.3 cm³/mol. The highest BCUT2D eigenvalue weighted by Gasteiger charge is 2.28. The molecule has 1 N–H and O–H groups in total. The van der Waals surface area contributed by atoms with Crippen molar-refractivity contribution < 1.29 is 4.79 Å². The average molecular weight is 266 g/mol. The summed E-state index contributed by atoms with van der Waals surface area (Å²) in [4.78, 5) is 11.8. The third kappa shape index (κ3) is 3.26. The van der Waals surface area contributed by atoms with Crippen LogP contribution in [-0.2, 0) is 4.79 Å². The second-order valence-corrected chi connectivity index (χ2v) is 5.66. The van der Waals surface area contributed by atoms with Gasteiger partial charge in [-0.25, -0.2) is 0 Å². The van der Waals surface area contributed by atoms with Crippen molar-refractivity contribution in [2.45, 2.75) is 46.5 Å². The summed E-state index contributed by atoms with van der Waals surface area (Å²) >= 11 is 1.38. The number of amides is 1. The Kier molecular flexibility index (Phi) is 4.79. The van der Waals surface area contributed by atoms with E-state index < -0.39 is 5.41 Å². The van der Waals surface area contributed by atoms with Gasteiger partial charge in [-0.1, -0.05) is 25.2 Å². The standard InChI is InChI=1S/C12H18N4OS/c1-5-8(6-2)9-15-16-11(18-9)14-10(17)12(3,4)7-13/h8H,5-6H2,1-4H3,(H,14,16,17). The highest BCUT2D eigenvalue weighted by molar-refractivity contribution is 7.15. The molecule has 0 saturated carbocycles. The molecule has 5 nitrogen and oxygen atoms in total. The Morgan fingerprint density at radius 1 is 1.44 bits per heavy atom. The Bertz CT molecular complexity index is 457. The van der Waals surface area contributed by atoms with Crippen LogP contribution in [0.1, 0.15) is 51.5 Å². The van der Waals surface area contributed by atoms with Gasteiger partial charge in [0.1, 0.15) is 10.4 Å². The van der Waals surface area contributed by atoms with E-state index in [4.69, 9.17) is 5.26 Å². The van der Waals surface area contributed by atoms with Crippen LogP contribution in [0.5, 0.6) is 0 Å². The van der Waals surface area contributed by atoms with Gasteiger partial charge in [0.15, 0.2) is 0 Å². The van der Waals surface area contributed by atoms with Crippen molar-refractivity contribution in [1.82, 2.24) is 10.2 Å². The first-order valence-corrected chi connectivity index (χ1v) is 6.82. The molecule has 0 unspecified atom stereocenters. The number of rotatable bonds is 5. The topological polar surface area (TPSA) is 78.7 Å². The zero-order valence-electron chi connectivity index (χ0n) is 11.1. The van der Waals surface area contributed by atoms with E-state index in [0.29, 0.717) is 11.0 Å². The van der Waals surface area contributed by atoms with Gasteiger partial charge in [-0.05, 0) is 26.7 Å². The average Bonchev–Trinajstić information content (AvgIpc) is 2.79. The number of anilines is 1. The van der Waals surface area contributed by atoms with Gasteiger partial charge in [-0.2, -0.15) is 5.26 Å². The molecule has 0 aliphatic carbocycles. The van der Waals surface area contributed by atoms with Crippen LogP contribution >= 0.6 is 11.3 Å². The maximum atomic E-state index is 11.8. The zero-order chi connectivity index (χ0) is 13.8. The SMILES string of the molecule is CCC(CC)c1nnc(NC(=O)C(C)(C)C#N)s1. The van der Waals surface area contributed by atoms with Crippen LogP contribution in [0, 0.1) is 16.7 Å². The fraction of sp³-hybridized carbons (Fsp3) is 0.667. The maximum absolute atomic E-state index is 11.8. The number of carbonyl (C=O) groups excluding carboxylic acids is 1. The van der Waals surface area contributed by atoms with Gasteiger partial charge in [0, 0.05) is 5.92 Å². The lowest BCUT2D eigenvalue weighted by Crippen LogP contribution is -2.29.